The quantitative estimate of drug-likeness (QED) is 0.206. The minimum Gasteiger partial charge on any atom is -0.493 e. The number of ether oxygens (including phenoxy) is 2. The summed E-state index contributed by atoms with van der Waals surface area (Å²) < 4.78 is 11.0. The van der Waals surface area contributed by atoms with Gasteiger partial charge in [0.25, 0.3) is 0 Å². The molecule has 0 radical (unpaired) electrons. The lowest BCUT2D eigenvalue weighted by Gasteiger charge is -2.12. The number of para-hydroxylation sites is 1. The van der Waals surface area contributed by atoms with Gasteiger partial charge in [-0.3, -0.25) is 0 Å². The van der Waals surface area contributed by atoms with E-state index in [1.807, 2.05) is 42.5 Å². The Bertz CT molecular complexity index is 821. The number of nitriles is 1. The first-order valence-electron chi connectivity index (χ1n) is 10.8. The first-order chi connectivity index (χ1) is 14.7. The molecule has 0 unspecified atom stereocenters. The summed E-state index contributed by atoms with van der Waals surface area (Å²) in [5.74, 6) is 0.552. The van der Waals surface area contributed by atoms with E-state index in [-0.39, 0.29) is 5.97 Å². The number of hydrogen-bond acceptors (Lipinski definition) is 4. The number of hydrogen-bond donors (Lipinski definition) is 0. The van der Waals surface area contributed by atoms with Gasteiger partial charge in [0.1, 0.15) is 5.75 Å². The van der Waals surface area contributed by atoms with Gasteiger partial charge in [-0.2, -0.15) is 5.26 Å². The SMILES string of the molecule is C=CC(=O)OCCCCCCCCCCOc1ccccc1-c1ccc(C#N)cc1. The Morgan fingerprint density at radius 2 is 1.47 bits per heavy atom. The molecule has 0 aromatic heterocycles. The molecule has 0 aliphatic carbocycles. The topological polar surface area (TPSA) is 59.3 Å². The molecule has 0 atom stereocenters. The molecule has 158 valence electrons. The molecular formula is C26H31NO3. The van der Waals surface area contributed by atoms with Gasteiger partial charge < -0.3 is 9.47 Å². The highest BCUT2D eigenvalue weighted by molar-refractivity contribution is 5.81. The predicted octanol–water partition coefficient (Wildman–Crippen LogP) is 6.45. The zero-order valence-electron chi connectivity index (χ0n) is 17.6. The number of nitrogens with zero attached hydrogens (tertiary/aromatic N) is 1. The van der Waals surface area contributed by atoms with E-state index in [0.29, 0.717) is 18.8 Å². The summed E-state index contributed by atoms with van der Waals surface area (Å²) in [7, 11) is 0. The molecule has 0 amide bonds. The number of unbranched alkanes of at least 4 members (excludes halogenated alkanes) is 7. The Hall–Kier alpha value is -3.06. The van der Waals surface area contributed by atoms with Crippen molar-refractivity contribution in [3.63, 3.8) is 0 Å². The third-order valence-electron chi connectivity index (χ3n) is 4.92. The van der Waals surface area contributed by atoms with Crippen molar-refractivity contribution in [3.05, 3.63) is 66.7 Å². The second-order valence-electron chi connectivity index (χ2n) is 7.23. The van der Waals surface area contributed by atoms with Crippen LogP contribution in [-0.2, 0) is 9.53 Å². The summed E-state index contributed by atoms with van der Waals surface area (Å²) in [4.78, 5) is 10.9. The summed E-state index contributed by atoms with van der Waals surface area (Å²) >= 11 is 0. The lowest BCUT2D eigenvalue weighted by molar-refractivity contribution is -0.137. The average molecular weight is 406 g/mol. The van der Waals surface area contributed by atoms with Crippen LogP contribution >= 0.6 is 0 Å². The fourth-order valence-corrected chi connectivity index (χ4v) is 3.23. The van der Waals surface area contributed by atoms with Crippen molar-refractivity contribution in [1.82, 2.24) is 0 Å². The van der Waals surface area contributed by atoms with Crippen LogP contribution in [-0.4, -0.2) is 19.2 Å². The fraction of sp³-hybridized carbons (Fsp3) is 0.385. The molecule has 0 bridgehead atoms. The van der Waals surface area contributed by atoms with Crippen LogP contribution in [0.5, 0.6) is 5.75 Å². The van der Waals surface area contributed by atoms with E-state index in [0.717, 1.165) is 42.6 Å². The largest absolute Gasteiger partial charge is 0.493 e. The second kappa shape index (κ2) is 14.0. The molecule has 0 spiro atoms. The van der Waals surface area contributed by atoms with Crippen molar-refractivity contribution >= 4 is 5.97 Å². The van der Waals surface area contributed by atoms with E-state index in [1.165, 1.54) is 31.8 Å². The highest BCUT2D eigenvalue weighted by atomic mass is 16.5. The van der Waals surface area contributed by atoms with Gasteiger partial charge >= 0.3 is 5.97 Å². The van der Waals surface area contributed by atoms with Gasteiger partial charge in [-0.25, -0.2) is 4.79 Å². The molecule has 2 aromatic carbocycles. The minimum atomic E-state index is -0.336. The van der Waals surface area contributed by atoms with Crippen molar-refractivity contribution in [2.45, 2.75) is 51.4 Å². The van der Waals surface area contributed by atoms with E-state index < -0.39 is 0 Å². The molecule has 0 saturated carbocycles. The lowest BCUT2D eigenvalue weighted by Crippen LogP contribution is -2.01. The average Bonchev–Trinajstić information content (AvgIpc) is 2.80. The fourth-order valence-electron chi connectivity index (χ4n) is 3.23. The number of benzene rings is 2. The van der Waals surface area contributed by atoms with Gasteiger partial charge in [0, 0.05) is 11.6 Å². The van der Waals surface area contributed by atoms with Crippen molar-refractivity contribution in [2.24, 2.45) is 0 Å². The van der Waals surface area contributed by atoms with E-state index in [2.05, 4.69) is 18.7 Å². The Morgan fingerprint density at radius 1 is 0.867 bits per heavy atom. The Kier molecular flexibility index (Phi) is 10.8. The highest BCUT2D eigenvalue weighted by Crippen LogP contribution is 2.30. The molecule has 0 heterocycles. The summed E-state index contributed by atoms with van der Waals surface area (Å²) in [5, 5.41) is 8.96. The van der Waals surface area contributed by atoms with Gasteiger partial charge in [-0.05, 0) is 36.6 Å². The molecule has 4 heteroatoms. The van der Waals surface area contributed by atoms with Crippen molar-refractivity contribution < 1.29 is 14.3 Å². The van der Waals surface area contributed by atoms with E-state index in [4.69, 9.17) is 14.7 Å². The van der Waals surface area contributed by atoms with Crippen molar-refractivity contribution in [1.29, 1.82) is 5.26 Å². The third kappa shape index (κ3) is 8.53. The molecule has 2 aromatic rings. The van der Waals surface area contributed by atoms with Crippen LogP contribution in [0.4, 0.5) is 0 Å². The summed E-state index contributed by atoms with van der Waals surface area (Å²) in [6.07, 6.45) is 10.3. The minimum absolute atomic E-state index is 0.336. The monoisotopic (exact) mass is 405 g/mol. The lowest BCUT2D eigenvalue weighted by atomic mass is 10.0. The van der Waals surface area contributed by atoms with E-state index >= 15 is 0 Å². The Balaban J connectivity index is 1.58. The Morgan fingerprint density at radius 3 is 2.10 bits per heavy atom. The van der Waals surface area contributed by atoms with Crippen LogP contribution in [0.25, 0.3) is 11.1 Å². The van der Waals surface area contributed by atoms with Crippen molar-refractivity contribution in [3.8, 4) is 22.9 Å². The molecular weight excluding hydrogens is 374 g/mol. The highest BCUT2D eigenvalue weighted by Gasteiger charge is 2.06. The maximum Gasteiger partial charge on any atom is 0.330 e. The predicted molar refractivity (Wildman–Crippen MR) is 120 cm³/mol. The zero-order chi connectivity index (χ0) is 21.4. The molecule has 0 aliphatic rings. The van der Waals surface area contributed by atoms with Gasteiger partial charge in [0.05, 0.1) is 24.8 Å². The smallest absolute Gasteiger partial charge is 0.330 e. The van der Waals surface area contributed by atoms with Gasteiger partial charge in [-0.1, -0.05) is 75.4 Å². The standard InChI is InChI=1S/C26H31NO3/c1-2-26(28)30-20-12-8-6-4-3-5-7-11-19-29-25-14-10-9-13-24(25)23-17-15-22(21-27)16-18-23/h2,9-10,13-18H,1,3-8,11-12,19-20H2. The number of carbonyl (C=O) groups is 1. The van der Waals surface area contributed by atoms with Crippen LogP contribution in [0.1, 0.15) is 56.9 Å². The number of esters is 1. The van der Waals surface area contributed by atoms with Crippen LogP contribution in [0, 0.1) is 11.3 Å². The van der Waals surface area contributed by atoms with E-state index in [1.54, 1.807) is 0 Å². The van der Waals surface area contributed by atoms with Crippen LogP contribution in [0.2, 0.25) is 0 Å². The molecule has 0 saturated heterocycles. The number of carbonyl (C=O) groups excluding carboxylic acids is 1. The summed E-state index contributed by atoms with van der Waals surface area (Å²) in [6, 6.07) is 17.8. The Labute approximate surface area is 180 Å². The van der Waals surface area contributed by atoms with Gasteiger partial charge in [-0.15, -0.1) is 0 Å². The van der Waals surface area contributed by atoms with Crippen LogP contribution < -0.4 is 4.74 Å². The molecule has 2 rings (SSSR count). The summed E-state index contributed by atoms with van der Waals surface area (Å²) in [5.41, 5.74) is 2.78. The van der Waals surface area contributed by atoms with E-state index in [9.17, 15) is 4.79 Å². The molecule has 0 N–H and O–H groups in total. The second-order valence-corrected chi connectivity index (χ2v) is 7.23. The normalized spacial score (nSPS) is 10.2. The first-order valence-corrected chi connectivity index (χ1v) is 10.8. The summed E-state index contributed by atoms with van der Waals surface area (Å²) in [6.45, 7) is 4.58. The molecule has 0 fully saturated rings. The van der Waals surface area contributed by atoms with Gasteiger partial charge in [0.2, 0.25) is 0 Å². The first kappa shape index (κ1) is 23.2. The molecule has 30 heavy (non-hydrogen) atoms. The molecule has 4 nitrogen and oxygen atoms in total. The third-order valence-corrected chi connectivity index (χ3v) is 4.92. The zero-order valence-corrected chi connectivity index (χ0v) is 17.6. The van der Waals surface area contributed by atoms with Crippen molar-refractivity contribution in [2.75, 3.05) is 13.2 Å². The maximum atomic E-state index is 10.9. The number of rotatable bonds is 14. The van der Waals surface area contributed by atoms with Gasteiger partial charge in [0.15, 0.2) is 0 Å². The maximum absolute atomic E-state index is 10.9. The van der Waals surface area contributed by atoms with Crippen LogP contribution in [0.15, 0.2) is 61.2 Å². The molecule has 0 aliphatic heterocycles. The van der Waals surface area contributed by atoms with Crippen LogP contribution in [0.3, 0.4) is 0 Å².